The lowest BCUT2D eigenvalue weighted by Crippen LogP contribution is -1.99. The molecule has 2 rings (SSSR count). The quantitative estimate of drug-likeness (QED) is 0.904. The molecule has 0 spiro atoms. The normalized spacial score (nSPS) is 11.8. The van der Waals surface area contributed by atoms with E-state index in [1.165, 1.54) is 0 Å². The topological polar surface area (TPSA) is 88.5 Å². The average Bonchev–Trinajstić information content (AvgIpc) is 2.46. The summed E-state index contributed by atoms with van der Waals surface area (Å²) < 4.78 is 0. The van der Waals surface area contributed by atoms with Crippen molar-refractivity contribution in [2.24, 2.45) is 0 Å². The number of anilines is 1. The molecular weight excluding hydrogens is 238 g/mol. The Morgan fingerprint density at radius 3 is 2.37 bits per heavy atom. The Morgan fingerprint density at radius 2 is 1.84 bits per heavy atom. The van der Waals surface area contributed by atoms with E-state index in [1.54, 1.807) is 18.6 Å². The SMILES string of the molecule is CCCC(C#N)c1ccc(-c2cnc(N)nc2)cn1. The van der Waals surface area contributed by atoms with E-state index in [0.29, 0.717) is 0 Å². The molecule has 96 valence electrons. The highest BCUT2D eigenvalue weighted by molar-refractivity contribution is 5.60. The van der Waals surface area contributed by atoms with Gasteiger partial charge in [-0.05, 0) is 12.5 Å². The van der Waals surface area contributed by atoms with E-state index in [-0.39, 0.29) is 11.9 Å². The predicted octanol–water partition coefficient (Wildman–Crippen LogP) is 2.53. The molecular formula is C14H15N5. The van der Waals surface area contributed by atoms with Crippen LogP contribution in [0.1, 0.15) is 31.4 Å². The zero-order valence-corrected chi connectivity index (χ0v) is 10.7. The summed E-state index contributed by atoms with van der Waals surface area (Å²) in [5.74, 6) is 0.113. The first-order valence-corrected chi connectivity index (χ1v) is 6.18. The molecule has 0 amide bonds. The number of pyridine rings is 1. The van der Waals surface area contributed by atoms with E-state index in [4.69, 9.17) is 11.0 Å². The van der Waals surface area contributed by atoms with Crippen molar-refractivity contribution in [2.45, 2.75) is 25.7 Å². The number of nitriles is 1. The van der Waals surface area contributed by atoms with E-state index in [0.717, 1.165) is 29.7 Å². The first-order chi connectivity index (χ1) is 9.24. The van der Waals surface area contributed by atoms with Gasteiger partial charge in [0.2, 0.25) is 5.95 Å². The zero-order chi connectivity index (χ0) is 13.7. The first kappa shape index (κ1) is 13.0. The number of hydrogen-bond donors (Lipinski definition) is 1. The van der Waals surface area contributed by atoms with Crippen LogP contribution in [0, 0.1) is 11.3 Å². The minimum absolute atomic E-state index is 0.137. The number of nitrogen functional groups attached to an aromatic ring is 1. The van der Waals surface area contributed by atoms with Gasteiger partial charge in [0.15, 0.2) is 0 Å². The third kappa shape index (κ3) is 3.05. The molecule has 2 N–H and O–H groups in total. The summed E-state index contributed by atoms with van der Waals surface area (Å²) in [7, 11) is 0. The Hall–Kier alpha value is -2.48. The summed E-state index contributed by atoms with van der Waals surface area (Å²) in [6.45, 7) is 2.06. The number of rotatable bonds is 4. The molecule has 0 saturated carbocycles. The fourth-order valence-corrected chi connectivity index (χ4v) is 1.84. The van der Waals surface area contributed by atoms with Crippen molar-refractivity contribution in [3.05, 3.63) is 36.4 Å². The van der Waals surface area contributed by atoms with Crippen LogP contribution < -0.4 is 5.73 Å². The van der Waals surface area contributed by atoms with Gasteiger partial charge in [-0.2, -0.15) is 5.26 Å². The van der Waals surface area contributed by atoms with Gasteiger partial charge in [-0.25, -0.2) is 9.97 Å². The van der Waals surface area contributed by atoms with Crippen LogP contribution in [0.25, 0.3) is 11.1 Å². The van der Waals surface area contributed by atoms with Crippen molar-refractivity contribution in [3.63, 3.8) is 0 Å². The number of hydrogen-bond acceptors (Lipinski definition) is 5. The van der Waals surface area contributed by atoms with E-state index < -0.39 is 0 Å². The molecule has 2 aromatic rings. The summed E-state index contributed by atoms with van der Waals surface area (Å²) >= 11 is 0. The van der Waals surface area contributed by atoms with Crippen LogP contribution in [0.15, 0.2) is 30.7 Å². The first-order valence-electron chi connectivity index (χ1n) is 6.18. The van der Waals surface area contributed by atoms with E-state index >= 15 is 0 Å². The standard InChI is InChI=1S/C14H15N5/c1-2-3-10(6-15)13-5-4-11(7-17-13)12-8-18-14(16)19-9-12/h4-5,7-10H,2-3H2,1H3,(H2,16,18,19). The Kier molecular flexibility index (Phi) is 4.04. The second kappa shape index (κ2) is 5.91. The smallest absolute Gasteiger partial charge is 0.219 e. The predicted molar refractivity (Wildman–Crippen MR) is 72.9 cm³/mol. The van der Waals surface area contributed by atoms with Crippen LogP contribution in [0.4, 0.5) is 5.95 Å². The van der Waals surface area contributed by atoms with Gasteiger partial charge >= 0.3 is 0 Å². The summed E-state index contributed by atoms with van der Waals surface area (Å²) in [5.41, 5.74) is 8.03. The molecule has 0 fully saturated rings. The lowest BCUT2D eigenvalue weighted by molar-refractivity contribution is 0.709. The Morgan fingerprint density at radius 1 is 1.16 bits per heavy atom. The van der Waals surface area contributed by atoms with Gasteiger partial charge < -0.3 is 5.73 Å². The monoisotopic (exact) mass is 253 g/mol. The van der Waals surface area contributed by atoms with Crippen molar-refractivity contribution < 1.29 is 0 Å². The molecule has 0 radical (unpaired) electrons. The number of nitrogens with two attached hydrogens (primary N) is 1. The largest absolute Gasteiger partial charge is 0.368 e. The molecule has 2 heterocycles. The molecule has 5 nitrogen and oxygen atoms in total. The number of nitrogens with zero attached hydrogens (tertiary/aromatic N) is 4. The maximum absolute atomic E-state index is 9.10. The molecule has 19 heavy (non-hydrogen) atoms. The second-order valence-electron chi connectivity index (χ2n) is 4.27. The Labute approximate surface area is 112 Å². The van der Waals surface area contributed by atoms with Gasteiger partial charge in [0.1, 0.15) is 0 Å². The van der Waals surface area contributed by atoms with Gasteiger partial charge in [-0.1, -0.05) is 19.4 Å². The summed E-state index contributed by atoms with van der Waals surface area (Å²) in [6.07, 6.45) is 6.85. The molecule has 0 aliphatic rings. The molecule has 0 aliphatic heterocycles. The lowest BCUT2D eigenvalue weighted by atomic mass is 10.00. The molecule has 5 heteroatoms. The summed E-state index contributed by atoms with van der Waals surface area (Å²) in [6, 6.07) is 6.09. The van der Waals surface area contributed by atoms with E-state index in [2.05, 4.69) is 27.9 Å². The van der Waals surface area contributed by atoms with Gasteiger partial charge in [-0.15, -0.1) is 0 Å². The molecule has 1 unspecified atom stereocenters. The van der Waals surface area contributed by atoms with Gasteiger partial charge in [0.25, 0.3) is 0 Å². The van der Waals surface area contributed by atoms with Crippen LogP contribution >= 0.6 is 0 Å². The molecule has 0 saturated heterocycles. The molecule has 2 aromatic heterocycles. The van der Waals surface area contributed by atoms with Gasteiger partial charge in [0.05, 0.1) is 17.7 Å². The number of aromatic nitrogens is 3. The van der Waals surface area contributed by atoms with E-state index in [1.807, 2.05) is 12.1 Å². The van der Waals surface area contributed by atoms with Crippen molar-refractivity contribution in [1.82, 2.24) is 15.0 Å². The lowest BCUT2D eigenvalue weighted by Gasteiger charge is -2.07. The minimum Gasteiger partial charge on any atom is -0.368 e. The van der Waals surface area contributed by atoms with Crippen LogP contribution in [0.3, 0.4) is 0 Å². The maximum atomic E-state index is 9.10. The third-order valence-corrected chi connectivity index (χ3v) is 2.88. The van der Waals surface area contributed by atoms with Gasteiger partial charge in [0, 0.05) is 29.7 Å². The third-order valence-electron chi connectivity index (χ3n) is 2.88. The highest BCUT2D eigenvalue weighted by Crippen LogP contribution is 2.22. The molecule has 0 bridgehead atoms. The molecule has 0 aliphatic carbocycles. The maximum Gasteiger partial charge on any atom is 0.219 e. The van der Waals surface area contributed by atoms with Crippen LogP contribution in [-0.2, 0) is 0 Å². The van der Waals surface area contributed by atoms with Crippen molar-refractivity contribution in [2.75, 3.05) is 5.73 Å². The fraction of sp³-hybridized carbons (Fsp3) is 0.286. The van der Waals surface area contributed by atoms with Crippen LogP contribution in [-0.4, -0.2) is 15.0 Å². The highest BCUT2D eigenvalue weighted by atomic mass is 15.0. The fourth-order valence-electron chi connectivity index (χ4n) is 1.84. The molecule has 1 atom stereocenters. The van der Waals surface area contributed by atoms with Crippen molar-refractivity contribution in [1.29, 1.82) is 5.26 Å². The second-order valence-corrected chi connectivity index (χ2v) is 4.27. The average molecular weight is 253 g/mol. The van der Waals surface area contributed by atoms with Crippen LogP contribution in [0.2, 0.25) is 0 Å². The van der Waals surface area contributed by atoms with E-state index in [9.17, 15) is 0 Å². The minimum atomic E-state index is -0.137. The highest BCUT2D eigenvalue weighted by Gasteiger charge is 2.11. The summed E-state index contributed by atoms with van der Waals surface area (Å²) in [4.78, 5) is 12.2. The molecule has 0 aromatic carbocycles. The Balaban J connectivity index is 2.23. The Bertz CT molecular complexity index is 568. The zero-order valence-electron chi connectivity index (χ0n) is 10.7. The summed E-state index contributed by atoms with van der Waals surface area (Å²) in [5, 5.41) is 9.10. The van der Waals surface area contributed by atoms with Crippen molar-refractivity contribution in [3.8, 4) is 17.2 Å². The van der Waals surface area contributed by atoms with Gasteiger partial charge in [-0.3, -0.25) is 4.98 Å². The van der Waals surface area contributed by atoms with Crippen LogP contribution in [0.5, 0.6) is 0 Å². The van der Waals surface area contributed by atoms with Crippen molar-refractivity contribution >= 4 is 5.95 Å².